The molecule has 13 heavy (non-hydrogen) atoms. The first-order chi connectivity index (χ1) is 6.33. The molecule has 1 fully saturated rings. The number of aromatic nitrogens is 3. The SMILES string of the molecule is Brc1cc2ncc(C3CC3)cn2n1. The molecule has 3 rings (SSSR count). The lowest BCUT2D eigenvalue weighted by atomic mass is 10.2. The van der Waals surface area contributed by atoms with E-state index in [1.54, 1.807) is 0 Å². The summed E-state index contributed by atoms with van der Waals surface area (Å²) in [5.74, 6) is 0.736. The van der Waals surface area contributed by atoms with Gasteiger partial charge in [-0.2, -0.15) is 5.10 Å². The van der Waals surface area contributed by atoms with Crippen LogP contribution in [-0.2, 0) is 0 Å². The molecule has 0 saturated heterocycles. The maximum atomic E-state index is 4.33. The third-order valence-corrected chi connectivity index (χ3v) is 2.74. The summed E-state index contributed by atoms with van der Waals surface area (Å²) in [6.07, 6.45) is 6.64. The lowest BCUT2D eigenvalue weighted by Gasteiger charge is -1.97. The maximum Gasteiger partial charge on any atom is 0.156 e. The lowest BCUT2D eigenvalue weighted by Crippen LogP contribution is -1.92. The fraction of sp³-hybridized carbons (Fsp3) is 0.333. The minimum atomic E-state index is 0.736. The van der Waals surface area contributed by atoms with Gasteiger partial charge >= 0.3 is 0 Å². The Morgan fingerprint density at radius 2 is 2.31 bits per heavy atom. The zero-order valence-electron chi connectivity index (χ0n) is 6.94. The largest absolute Gasteiger partial charge is 0.237 e. The maximum absolute atomic E-state index is 4.33. The second kappa shape index (κ2) is 2.54. The van der Waals surface area contributed by atoms with E-state index in [0.29, 0.717) is 0 Å². The molecule has 66 valence electrons. The first kappa shape index (κ1) is 7.50. The van der Waals surface area contributed by atoms with Crippen molar-refractivity contribution >= 4 is 21.6 Å². The molecule has 0 unspecified atom stereocenters. The molecule has 3 nitrogen and oxygen atoms in total. The minimum absolute atomic E-state index is 0.736. The van der Waals surface area contributed by atoms with E-state index in [4.69, 9.17) is 0 Å². The Balaban J connectivity index is 2.20. The molecule has 0 atom stereocenters. The van der Waals surface area contributed by atoms with E-state index in [1.165, 1.54) is 18.4 Å². The highest BCUT2D eigenvalue weighted by molar-refractivity contribution is 9.10. The summed E-state index contributed by atoms with van der Waals surface area (Å²) < 4.78 is 2.67. The van der Waals surface area contributed by atoms with Crippen molar-refractivity contribution in [1.29, 1.82) is 0 Å². The van der Waals surface area contributed by atoms with Gasteiger partial charge in [0.1, 0.15) is 4.60 Å². The zero-order chi connectivity index (χ0) is 8.84. The summed E-state index contributed by atoms with van der Waals surface area (Å²) >= 11 is 3.33. The Kier molecular flexibility index (Phi) is 1.47. The van der Waals surface area contributed by atoms with Crippen LogP contribution in [0.25, 0.3) is 5.65 Å². The Morgan fingerprint density at radius 3 is 3.08 bits per heavy atom. The van der Waals surface area contributed by atoms with Crippen LogP contribution in [0.5, 0.6) is 0 Å². The smallest absolute Gasteiger partial charge is 0.156 e. The molecular weight excluding hydrogens is 230 g/mol. The van der Waals surface area contributed by atoms with E-state index in [9.17, 15) is 0 Å². The number of hydrogen-bond donors (Lipinski definition) is 0. The van der Waals surface area contributed by atoms with Crippen LogP contribution in [0.1, 0.15) is 24.3 Å². The summed E-state index contributed by atoms with van der Waals surface area (Å²) in [6, 6.07) is 1.91. The first-order valence-corrected chi connectivity index (χ1v) is 5.13. The second-order valence-corrected chi connectivity index (χ2v) is 4.24. The lowest BCUT2D eigenvalue weighted by molar-refractivity contribution is 0.898. The van der Waals surface area contributed by atoms with Crippen molar-refractivity contribution in [2.45, 2.75) is 18.8 Å². The standard InChI is InChI=1S/C9H8BrN3/c10-8-3-9-11-4-7(6-1-2-6)5-13(9)12-8/h3-6H,1-2H2. The molecular formula is C9H8BrN3. The van der Waals surface area contributed by atoms with Crippen LogP contribution in [0.3, 0.4) is 0 Å². The third-order valence-electron chi connectivity index (χ3n) is 2.35. The van der Waals surface area contributed by atoms with Crippen molar-refractivity contribution in [3.8, 4) is 0 Å². The van der Waals surface area contributed by atoms with E-state index in [2.05, 4.69) is 32.2 Å². The van der Waals surface area contributed by atoms with Crippen LogP contribution in [0.15, 0.2) is 23.1 Å². The van der Waals surface area contributed by atoms with Gasteiger partial charge in [0.25, 0.3) is 0 Å². The molecule has 4 heteroatoms. The molecule has 0 spiro atoms. The molecule has 0 amide bonds. The fourth-order valence-electron chi connectivity index (χ4n) is 1.49. The van der Waals surface area contributed by atoms with Crippen LogP contribution in [-0.4, -0.2) is 14.6 Å². The summed E-state index contributed by atoms with van der Waals surface area (Å²) in [5, 5.41) is 4.25. The molecule has 1 aliphatic carbocycles. The van der Waals surface area contributed by atoms with Crippen molar-refractivity contribution < 1.29 is 0 Å². The van der Waals surface area contributed by atoms with Gasteiger partial charge in [-0.25, -0.2) is 9.50 Å². The molecule has 0 N–H and O–H groups in total. The van der Waals surface area contributed by atoms with Gasteiger partial charge in [-0.15, -0.1) is 0 Å². The highest BCUT2D eigenvalue weighted by atomic mass is 79.9. The Bertz CT molecular complexity index is 459. The van der Waals surface area contributed by atoms with Gasteiger partial charge in [0.15, 0.2) is 5.65 Å². The van der Waals surface area contributed by atoms with E-state index in [1.807, 2.05) is 16.8 Å². The molecule has 2 heterocycles. The van der Waals surface area contributed by atoms with Crippen molar-refractivity contribution in [2.24, 2.45) is 0 Å². The van der Waals surface area contributed by atoms with E-state index < -0.39 is 0 Å². The quantitative estimate of drug-likeness (QED) is 0.763. The van der Waals surface area contributed by atoms with Crippen LogP contribution in [0.2, 0.25) is 0 Å². The van der Waals surface area contributed by atoms with Crippen LogP contribution in [0, 0.1) is 0 Å². The molecule has 2 aromatic heterocycles. The fourth-order valence-corrected chi connectivity index (χ4v) is 1.87. The van der Waals surface area contributed by atoms with Gasteiger partial charge in [0, 0.05) is 18.5 Å². The van der Waals surface area contributed by atoms with Gasteiger partial charge in [0.05, 0.1) is 0 Å². The summed E-state index contributed by atoms with van der Waals surface area (Å²) in [5.41, 5.74) is 2.21. The first-order valence-electron chi connectivity index (χ1n) is 4.34. The van der Waals surface area contributed by atoms with Gasteiger partial charge < -0.3 is 0 Å². The van der Waals surface area contributed by atoms with Crippen LogP contribution >= 0.6 is 15.9 Å². The molecule has 0 bridgehead atoms. The predicted molar refractivity (Wildman–Crippen MR) is 52.7 cm³/mol. The highest BCUT2D eigenvalue weighted by Gasteiger charge is 2.24. The summed E-state index contributed by atoms with van der Waals surface area (Å²) in [6.45, 7) is 0. The van der Waals surface area contributed by atoms with Gasteiger partial charge in [-0.3, -0.25) is 0 Å². The molecule has 0 aliphatic heterocycles. The van der Waals surface area contributed by atoms with Crippen LogP contribution < -0.4 is 0 Å². The third kappa shape index (κ3) is 1.25. The molecule has 2 aromatic rings. The summed E-state index contributed by atoms with van der Waals surface area (Å²) in [4.78, 5) is 4.33. The average Bonchev–Trinajstić information content (AvgIpc) is 2.87. The van der Waals surface area contributed by atoms with E-state index >= 15 is 0 Å². The number of fused-ring (bicyclic) bond motifs is 1. The Morgan fingerprint density at radius 1 is 1.46 bits per heavy atom. The normalized spacial score (nSPS) is 16.7. The molecule has 1 saturated carbocycles. The minimum Gasteiger partial charge on any atom is -0.237 e. The highest BCUT2D eigenvalue weighted by Crippen LogP contribution is 2.39. The molecule has 1 aliphatic rings. The Labute approximate surface area is 83.9 Å². The van der Waals surface area contributed by atoms with Gasteiger partial charge in [-0.05, 0) is 40.3 Å². The number of halogens is 1. The average molecular weight is 238 g/mol. The zero-order valence-corrected chi connectivity index (χ0v) is 8.53. The number of hydrogen-bond acceptors (Lipinski definition) is 2. The van der Waals surface area contributed by atoms with Gasteiger partial charge in [0.2, 0.25) is 0 Å². The second-order valence-electron chi connectivity index (χ2n) is 3.43. The van der Waals surface area contributed by atoms with Crippen molar-refractivity contribution in [1.82, 2.24) is 14.6 Å². The van der Waals surface area contributed by atoms with E-state index in [0.717, 1.165) is 16.2 Å². The van der Waals surface area contributed by atoms with Crippen molar-refractivity contribution in [2.75, 3.05) is 0 Å². The van der Waals surface area contributed by atoms with Crippen LogP contribution in [0.4, 0.5) is 0 Å². The molecule has 0 radical (unpaired) electrons. The monoisotopic (exact) mass is 237 g/mol. The predicted octanol–water partition coefficient (Wildman–Crippen LogP) is 2.37. The summed E-state index contributed by atoms with van der Waals surface area (Å²) in [7, 11) is 0. The number of nitrogens with zero attached hydrogens (tertiary/aromatic N) is 3. The van der Waals surface area contributed by atoms with E-state index in [-0.39, 0.29) is 0 Å². The van der Waals surface area contributed by atoms with Crippen molar-refractivity contribution in [3.63, 3.8) is 0 Å². The Hall–Kier alpha value is -0.900. The topological polar surface area (TPSA) is 30.2 Å². The van der Waals surface area contributed by atoms with Crippen molar-refractivity contribution in [3.05, 3.63) is 28.6 Å². The molecule has 0 aromatic carbocycles. The number of rotatable bonds is 1. The van der Waals surface area contributed by atoms with Gasteiger partial charge in [-0.1, -0.05) is 0 Å².